The molecule has 1 aliphatic heterocycles. The van der Waals surface area contributed by atoms with Crippen LogP contribution in [-0.4, -0.2) is 49.6 Å². The third-order valence-corrected chi connectivity index (χ3v) is 4.27. The van der Waals surface area contributed by atoms with Crippen LogP contribution in [0, 0.1) is 13.8 Å². The van der Waals surface area contributed by atoms with Gasteiger partial charge in [-0.25, -0.2) is 0 Å². The number of likely N-dealkylation sites (N-methyl/N-ethyl adjacent to an activating group) is 1. The lowest BCUT2D eigenvalue weighted by atomic mass is 9.99. The zero-order valence-electron chi connectivity index (χ0n) is 12.7. The Morgan fingerprint density at radius 1 is 1.37 bits per heavy atom. The van der Waals surface area contributed by atoms with E-state index in [9.17, 15) is 0 Å². The van der Waals surface area contributed by atoms with Gasteiger partial charge in [-0.05, 0) is 52.0 Å². The van der Waals surface area contributed by atoms with Crippen molar-refractivity contribution in [3.63, 3.8) is 0 Å². The second kappa shape index (κ2) is 6.04. The lowest BCUT2D eigenvalue weighted by molar-refractivity contribution is 0.260. The van der Waals surface area contributed by atoms with Gasteiger partial charge in [0.2, 0.25) is 0 Å². The van der Waals surface area contributed by atoms with Gasteiger partial charge in [-0.3, -0.25) is 4.90 Å². The standard InChI is InChI=1S/C16H27N3/c1-12-5-6-13(2)15(9-12)16(17)11-19-8-7-14(10-19)18(3)4/h5-6,9,14,16H,7-8,10-11,17H2,1-4H3. The summed E-state index contributed by atoms with van der Waals surface area (Å²) in [5.74, 6) is 0. The number of hydrogen-bond donors (Lipinski definition) is 1. The van der Waals surface area contributed by atoms with E-state index in [2.05, 4.69) is 55.9 Å². The molecule has 0 amide bonds. The van der Waals surface area contributed by atoms with Crippen molar-refractivity contribution in [2.45, 2.75) is 32.4 Å². The Morgan fingerprint density at radius 2 is 2.11 bits per heavy atom. The fourth-order valence-corrected chi connectivity index (χ4v) is 2.94. The maximum absolute atomic E-state index is 6.41. The van der Waals surface area contributed by atoms with Crippen LogP contribution in [-0.2, 0) is 0 Å². The fourth-order valence-electron chi connectivity index (χ4n) is 2.94. The van der Waals surface area contributed by atoms with Crippen molar-refractivity contribution in [2.75, 3.05) is 33.7 Å². The van der Waals surface area contributed by atoms with E-state index in [-0.39, 0.29) is 6.04 Å². The Bertz CT molecular complexity index is 428. The number of hydrogen-bond acceptors (Lipinski definition) is 3. The zero-order chi connectivity index (χ0) is 14.0. The predicted molar refractivity (Wildman–Crippen MR) is 81.4 cm³/mol. The molecular weight excluding hydrogens is 234 g/mol. The molecule has 1 aromatic carbocycles. The van der Waals surface area contributed by atoms with Crippen LogP contribution in [0.5, 0.6) is 0 Å². The molecule has 3 nitrogen and oxygen atoms in total. The fraction of sp³-hybridized carbons (Fsp3) is 0.625. The average molecular weight is 261 g/mol. The van der Waals surface area contributed by atoms with Crippen LogP contribution in [0.15, 0.2) is 18.2 Å². The smallest absolute Gasteiger partial charge is 0.0427 e. The minimum absolute atomic E-state index is 0.126. The lowest BCUT2D eigenvalue weighted by Gasteiger charge is -2.24. The van der Waals surface area contributed by atoms with Crippen LogP contribution < -0.4 is 5.73 Å². The largest absolute Gasteiger partial charge is 0.323 e. The van der Waals surface area contributed by atoms with Gasteiger partial charge in [0.15, 0.2) is 0 Å². The molecule has 1 heterocycles. The van der Waals surface area contributed by atoms with Crippen molar-refractivity contribution >= 4 is 0 Å². The van der Waals surface area contributed by atoms with Crippen LogP contribution in [0.25, 0.3) is 0 Å². The van der Waals surface area contributed by atoms with Gasteiger partial charge >= 0.3 is 0 Å². The van der Waals surface area contributed by atoms with Gasteiger partial charge in [0.1, 0.15) is 0 Å². The molecule has 106 valence electrons. The highest BCUT2D eigenvalue weighted by atomic mass is 15.2. The first-order valence-corrected chi connectivity index (χ1v) is 7.19. The van der Waals surface area contributed by atoms with E-state index >= 15 is 0 Å². The Kier molecular flexibility index (Phi) is 4.61. The van der Waals surface area contributed by atoms with Crippen molar-refractivity contribution in [1.82, 2.24) is 9.80 Å². The van der Waals surface area contributed by atoms with Gasteiger partial charge < -0.3 is 10.6 Å². The quantitative estimate of drug-likeness (QED) is 0.899. The van der Waals surface area contributed by atoms with Crippen molar-refractivity contribution in [2.24, 2.45) is 5.73 Å². The molecule has 1 aromatic rings. The van der Waals surface area contributed by atoms with Crippen LogP contribution >= 0.6 is 0 Å². The summed E-state index contributed by atoms with van der Waals surface area (Å²) in [6, 6.07) is 7.38. The summed E-state index contributed by atoms with van der Waals surface area (Å²) >= 11 is 0. The van der Waals surface area contributed by atoms with Crippen molar-refractivity contribution < 1.29 is 0 Å². The summed E-state index contributed by atoms with van der Waals surface area (Å²) in [6.07, 6.45) is 1.26. The van der Waals surface area contributed by atoms with E-state index in [4.69, 9.17) is 5.73 Å². The number of benzene rings is 1. The Labute approximate surface area is 117 Å². The normalized spacial score (nSPS) is 22.1. The molecule has 2 rings (SSSR count). The molecular formula is C16H27N3. The molecule has 0 bridgehead atoms. The molecule has 0 radical (unpaired) electrons. The Balaban J connectivity index is 1.98. The molecule has 0 aliphatic carbocycles. The molecule has 1 aliphatic rings. The number of aryl methyl sites for hydroxylation is 2. The predicted octanol–water partition coefficient (Wildman–Crippen LogP) is 1.94. The van der Waals surface area contributed by atoms with Crippen LogP contribution in [0.4, 0.5) is 0 Å². The van der Waals surface area contributed by atoms with E-state index < -0.39 is 0 Å². The van der Waals surface area contributed by atoms with Crippen molar-refractivity contribution in [1.29, 1.82) is 0 Å². The number of nitrogens with two attached hydrogens (primary N) is 1. The summed E-state index contributed by atoms with van der Waals surface area (Å²) in [4.78, 5) is 4.82. The van der Waals surface area contributed by atoms with E-state index in [1.54, 1.807) is 0 Å². The maximum atomic E-state index is 6.41. The van der Waals surface area contributed by atoms with Crippen molar-refractivity contribution in [3.8, 4) is 0 Å². The number of rotatable bonds is 4. The van der Waals surface area contributed by atoms with E-state index in [0.717, 1.165) is 13.1 Å². The molecule has 0 aromatic heterocycles. The summed E-state index contributed by atoms with van der Waals surface area (Å²) in [5.41, 5.74) is 10.3. The first-order chi connectivity index (χ1) is 8.97. The van der Waals surface area contributed by atoms with E-state index in [0.29, 0.717) is 6.04 Å². The van der Waals surface area contributed by atoms with E-state index in [1.807, 2.05) is 0 Å². The SMILES string of the molecule is Cc1ccc(C)c(C(N)CN2CCC(N(C)C)C2)c1. The molecule has 1 fully saturated rings. The second-order valence-corrected chi connectivity index (χ2v) is 6.13. The first kappa shape index (κ1) is 14.5. The highest BCUT2D eigenvalue weighted by Gasteiger charge is 2.25. The number of nitrogens with zero attached hydrogens (tertiary/aromatic N) is 2. The maximum Gasteiger partial charge on any atom is 0.0427 e. The highest BCUT2D eigenvalue weighted by molar-refractivity contribution is 5.33. The summed E-state index contributed by atoms with van der Waals surface area (Å²) in [6.45, 7) is 7.57. The van der Waals surface area contributed by atoms with Crippen LogP contribution in [0.2, 0.25) is 0 Å². The van der Waals surface area contributed by atoms with Gasteiger partial charge in [0.05, 0.1) is 0 Å². The average Bonchev–Trinajstić information content (AvgIpc) is 2.80. The molecule has 1 saturated heterocycles. The lowest BCUT2D eigenvalue weighted by Crippen LogP contribution is -2.35. The van der Waals surface area contributed by atoms with Gasteiger partial charge in [-0.2, -0.15) is 0 Å². The minimum atomic E-state index is 0.126. The molecule has 2 atom stereocenters. The zero-order valence-corrected chi connectivity index (χ0v) is 12.7. The monoisotopic (exact) mass is 261 g/mol. The highest BCUT2D eigenvalue weighted by Crippen LogP contribution is 2.21. The Morgan fingerprint density at radius 3 is 2.74 bits per heavy atom. The molecule has 19 heavy (non-hydrogen) atoms. The molecule has 2 N–H and O–H groups in total. The van der Waals surface area contributed by atoms with Gasteiger partial charge in [0, 0.05) is 25.2 Å². The van der Waals surface area contributed by atoms with E-state index in [1.165, 1.54) is 29.7 Å². The van der Waals surface area contributed by atoms with Crippen LogP contribution in [0.1, 0.15) is 29.2 Å². The summed E-state index contributed by atoms with van der Waals surface area (Å²) < 4.78 is 0. The third kappa shape index (κ3) is 3.56. The molecule has 0 saturated carbocycles. The van der Waals surface area contributed by atoms with Gasteiger partial charge in [-0.15, -0.1) is 0 Å². The summed E-state index contributed by atoms with van der Waals surface area (Å²) in [5, 5.41) is 0. The van der Waals surface area contributed by atoms with Crippen LogP contribution in [0.3, 0.4) is 0 Å². The first-order valence-electron chi connectivity index (χ1n) is 7.19. The topological polar surface area (TPSA) is 32.5 Å². The molecule has 2 unspecified atom stereocenters. The second-order valence-electron chi connectivity index (χ2n) is 6.13. The summed E-state index contributed by atoms with van der Waals surface area (Å²) in [7, 11) is 4.33. The van der Waals surface area contributed by atoms with Gasteiger partial charge in [0.25, 0.3) is 0 Å². The molecule has 3 heteroatoms. The minimum Gasteiger partial charge on any atom is -0.323 e. The van der Waals surface area contributed by atoms with Crippen molar-refractivity contribution in [3.05, 3.63) is 34.9 Å². The Hall–Kier alpha value is -0.900. The third-order valence-electron chi connectivity index (χ3n) is 4.27. The van der Waals surface area contributed by atoms with Gasteiger partial charge in [-0.1, -0.05) is 23.8 Å². The molecule has 0 spiro atoms. The number of likely N-dealkylation sites (tertiary alicyclic amines) is 1.